The first kappa shape index (κ1) is 22.0. The number of nitrogens with zero attached hydrogens (tertiary/aromatic N) is 2. The average molecular weight is 438 g/mol. The summed E-state index contributed by atoms with van der Waals surface area (Å²) in [4.78, 5) is 30.5. The minimum absolute atomic E-state index is 0.103. The Bertz CT molecular complexity index is 1050. The highest BCUT2D eigenvalue weighted by atomic mass is 19.1. The van der Waals surface area contributed by atoms with Crippen molar-refractivity contribution in [1.82, 2.24) is 4.90 Å². The molecule has 0 N–H and O–H groups in total. The van der Waals surface area contributed by atoms with Crippen molar-refractivity contribution in [3.8, 4) is 5.75 Å². The first-order valence-electron chi connectivity index (χ1n) is 10.8. The number of imide groups is 1. The number of para-hydroxylation sites is 2. The molecule has 2 atom stereocenters. The summed E-state index contributed by atoms with van der Waals surface area (Å²) in [5.74, 6) is -0.833. The average Bonchev–Trinajstić information content (AvgIpc) is 2.98. The van der Waals surface area contributed by atoms with Crippen LogP contribution in [0.1, 0.15) is 33.3 Å². The van der Waals surface area contributed by atoms with E-state index in [1.807, 2.05) is 32.6 Å². The molecular weight excluding hydrogens is 411 g/mol. The second kappa shape index (κ2) is 8.74. The molecule has 2 aromatic carbocycles. The van der Waals surface area contributed by atoms with Crippen molar-refractivity contribution < 1.29 is 23.5 Å². The molecule has 2 heterocycles. The Morgan fingerprint density at radius 3 is 2.22 bits per heavy atom. The van der Waals surface area contributed by atoms with Gasteiger partial charge in [-0.15, -0.1) is 0 Å². The zero-order valence-corrected chi connectivity index (χ0v) is 18.7. The fourth-order valence-corrected chi connectivity index (χ4v) is 4.26. The van der Waals surface area contributed by atoms with Gasteiger partial charge in [0.15, 0.2) is 0 Å². The van der Waals surface area contributed by atoms with E-state index >= 15 is 0 Å². The van der Waals surface area contributed by atoms with Gasteiger partial charge in [0, 0.05) is 13.1 Å². The Morgan fingerprint density at radius 1 is 0.969 bits per heavy atom. The zero-order chi connectivity index (χ0) is 23.0. The third kappa shape index (κ3) is 4.12. The van der Waals surface area contributed by atoms with Crippen molar-refractivity contribution >= 4 is 23.1 Å². The Kier molecular flexibility index (Phi) is 6.02. The minimum Gasteiger partial charge on any atom is -0.489 e. The Hall–Kier alpha value is -3.19. The highest BCUT2D eigenvalue weighted by Gasteiger charge is 2.44. The molecule has 2 amide bonds. The lowest BCUT2D eigenvalue weighted by Gasteiger charge is -2.37. The van der Waals surface area contributed by atoms with Gasteiger partial charge in [0.1, 0.15) is 17.3 Å². The summed E-state index contributed by atoms with van der Waals surface area (Å²) in [6.07, 6.45) is -0.336. The van der Waals surface area contributed by atoms with Crippen LogP contribution in [0.15, 0.2) is 54.2 Å². The molecule has 0 spiro atoms. The van der Waals surface area contributed by atoms with Gasteiger partial charge in [-0.2, -0.15) is 0 Å². The van der Waals surface area contributed by atoms with Crippen molar-refractivity contribution in [2.45, 2.75) is 46.0 Å². The number of carbonyl (C=O) groups is 2. The lowest BCUT2D eigenvalue weighted by atomic mass is 10.0. The number of rotatable bonds is 5. The van der Waals surface area contributed by atoms with Crippen molar-refractivity contribution in [1.29, 1.82) is 0 Å². The van der Waals surface area contributed by atoms with Crippen molar-refractivity contribution in [2.24, 2.45) is 0 Å². The van der Waals surface area contributed by atoms with E-state index in [1.54, 1.807) is 24.3 Å². The monoisotopic (exact) mass is 438 g/mol. The van der Waals surface area contributed by atoms with Crippen LogP contribution in [0.25, 0.3) is 5.57 Å². The molecule has 0 radical (unpaired) electrons. The number of carbonyl (C=O) groups excluding carboxylic acids is 2. The van der Waals surface area contributed by atoms with Crippen LogP contribution in [-0.4, -0.2) is 48.1 Å². The van der Waals surface area contributed by atoms with Crippen LogP contribution in [0.3, 0.4) is 0 Å². The fraction of sp³-hybridized carbons (Fsp3) is 0.360. The molecule has 4 rings (SSSR count). The molecule has 1 saturated heterocycles. The number of morpholine rings is 1. The Balaban J connectivity index is 1.83. The van der Waals surface area contributed by atoms with Gasteiger partial charge >= 0.3 is 0 Å². The van der Waals surface area contributed by atoms with Crippen molar-refractivity contribution in [2.75, 3.05) is 18.0 Å². The number of hydrogen-bond donors (Lipinski definition) is 0. The van der Waals surface area contributed by atoms with Crippen LogP contribution in [-0.2, 0) is 14.3 Å². The molecule has 7 heteroatoms. The second-order valence-electron chi connectivity index (χ2n) is 8.47. The predicted octanol–water partition coefficient (Wildman–Crippen LogP) is 4.01. The second-order valence-corrected chi connectivity index (χ2v) is 8.47. The van der Waals surface area contributed by atoms with E-state index in [2.05, 4.69) is 0 Å². The lowest BCUT2D eigenvalue weighted by Crippen LogP contribution is -2.47. The molecule has 2 aliphatic rings. The topological polar surface area (TPSA) is 59.1 Å². The molecule has 0 aliphatic carbocycles. The molecule has 168 valence electrons. The van der Waals surface area contributed by atoms with Gasteiger partial charge in [-0.3, -0.25) is 9.59 Å². The predicted molar refractivity (Wildman–Crippen MR) is 120 cm³/mol. The van der Waals surface area contributed by atoms with Crippen LogP contribution in [0, 0.1) is 5.82 Å². The standard InChI is InChI=1S/C25H27FN2O4/c1-15(2)31-21-8-6-5-7-20(21)28-24(29)22(18-9-11-19(26)12-10-18)23(25(28)30)27-13-16(3)32-17(4)14-27/h5-12,15-17H,13-14H2,1-4H3. The largest absolute Gasteiger partial charge is 0.489 e. The molecule has 2 aromatic rings. The Morgan fingerprint density at radius 2 is 1.59 bits per heavy atom. The van der Waals surface area contributed by atoms with E-state index in [1.165, 1.54) is 24.3 Å². The molecule has 1 fully saturated rings. The summed E-state index contributed by atoms with van der Waals surface area (Å²) in [5.41, 5.74) is 1.45. The molecule has 2 aliphatic heterocycles. The van der Waals surface area contributed by atoms with E-state index in [-0.39, 0.29) is 23.9 Å². The van der Waals surface area contributed by atoms with Gasteiger partial charge < -0.3 is 14.4 Å². The maximum atomic E-state index is 13.8. The summed E-state index contributed by atoms with van der Waals surface area (Å²) in [6.45, 7) is 8.59. The van der Waals surface area contributed by atoms with Gasteiger partial charge in [0.2, 0.25) is 0 Å². The maximum absolute atomic E-state index is 13.8. The summed E-state index contributed by atoms with van der Waals surface area (Å²) in [5, 5.41) is 0. The number of ether oxygens (including phenoxy) is 2. The minimum atomic E-state index is -0.455. The first-order chi connectivity index (χ1) is 15.3. The molecule has 0 saturated carbocycles. The molecule has 6 nitrogen and oxygen atoms in total. The number of hydrogen-bond acceptors (Lipinski definition) is 5. The third-order valence-electron chi connectivity index (χ3n) is 5.40. The quantitative estimate of drug-likeness (QED) is 0.661. The summed E-state index contributed by atoms with van der Waals surface area (Å²) in [6, 6.07) is 12.6. The number of anilines is 1. The smallest absolute Gasteiger partial charge is 0.282 e. The van der Waals surface area contributed by atoms with Crippen LogP contribution in [0.2, 0.25) is 0 Å². The van der Waals surface area contributed by atoms with E-state index < -0.39 is 17.6 Å². The summed E-state index contributed by atoms with van der Waals surface area (Å²) >= 11 is 0. The van der Waals surface area contributed by atoms with Crippen molar-refractivity contribution in [3.05, 3.63) is 65.6 Å². The number of benzene rings is 2. The van der Waals surface area contributed by atoms with Gasteiger partial charge in [0.05, 0.1) is 29.6 Å². The normalized spacial score (nSPS) is 21.7. The Labute approximate surface area is 187 Å². The number of amides is 2. The lowest BCUT2D eigenvalue weighted by molar-refractivity contribution is -0.121. The first-order valence-corrected chi connectivity index (χ1v) is 10.8. The van der Waals surface area contributed by atoms with E-state index in [0.717, 1.165) is 4.90 Å². The van der Waals surface area contributed by atoms with E-state index in [4.69, 9.17) is 9.47 Å². The van der Waals surface area contributed by atoms with Crippen LogP contribution in [0.5, 0.6) is 5.75 Å². The zero-order valence-electron chi connectivity index (χ0n) is 18.7. The molecule has 2 unspecified atom stereocenters. The van der Waals surface area contributed by atoms with Crippen LogP contribution < -0.4 is 9.64 Å². The molecule has 0 aromatic heterocycles. The van der Waals surface area contributed by atoms with Crippen LogP contribution >= 0.6 is 0 Å². The van der Waals surface area contributed by atoms with Gasteiger partial charge in [-0.25, -0.2) is 9.29 Å². The highest BCUT2D eigenvalue weighted by molar-refractivity contribution is 6.45. The van der Waals surface area contributed by atoms with Gasteiger partial charge in [-0.1, -0.05) is 24.3 Å². The van der Waals surface area contributed by atoms with E-state index in [9.17, 15) is 14.0 Å². The third-order valence-corrected chi connectivity index (χ3v) is 5.40. The molecule has 0 bridgehead atoms. The summed E-state index contributed by atoms with van der Waals surface area (Å²) in [7, 11) is 0. The molecule has 32 heavy (non-hydrogen) atoms. The maximum Gasteiger partial charge on any atom is 0.282 e. The van der Waals surface area contributed by atoms with E-state index in [0.29, 0.717) is 35.8 Å². The summed E-state index contributed by atoms with van der Waals surface area (Å²) < 4.78 is 25.3. The van der Waals surface area contributed by atoms with Gasteiger partial charge in [0.25, 0.3) is 11.8 Å². The number of halogens is 1. The highest BCUT2D eigenvalue weighted by Crippen LogP contribution is 2.39. The SMILES string of the molecule is CC(C)Oc1ccccc1N1C(=O)C(c2ccc(F)cc2)=C(N2CC(C)OC(C)C2)C1=O. The molecular formula is C25H27FN2O4. The van der Waals surface area contributed by atoms with Crippen LogP contribution in [0.4, 0.5) is 10.1 Å². The van der Waals surface area contributed by atoms with Crippen molar-refractivity contribution in [3.63, 3.8) is 0 Å². The fourth-order valence-electron chi connectivity index (χ4n) is 4.26. The van der Waals surface area contributed by atoms with Gasteiger partial charge in [-0.05, 0) is 57.5 Å².